The van der Waals surface area contributed by atoms with E-state index < -0.39 is 0 Å². The SMILES string of the molecule is COCCn1c(=NC(=O)c2ccc(C(=O)c3ccccc3)cc2)sc2cc(OC)ccc21. The third-order valence-electron chi connectivity index (χ3n) is 5.04. The quantitative estimate of drug-likeness (QED) is 0.396. The van der Waals surface area contributed by atoms with Crippen LogP contribution in [-0.2, 0) is 11.3 Å². The van der Waals surface area contributed by atoms with Gasteiger partial charge in [-0.25, -0.2) is 0 Å². The molecule has 1 heterocycles. The Labute approximate surface area is 189 Å². The molecule has 4 aromatic rings. The Morgan fingerprint density at radius 2 is 1.59 bits per heavy atom. The number of carbonyl (C=O) groups is 2. The molecular formula is C25H22N2O4S. The fourth-order valence-corrected chi connectivity index (χ4v) is 4.42. The zero-order valence-electron chi connectivity index (χ0n) is 17.8. The van der Waals surface area contributed by atoms with Gasteiger partial charge in [-0.1, -0.05) is 53.8 Å². The number of thiazole rings is 1. The number of aromatic nitrogens is 1. The number of hydrogen-bond donors (Lipinski definition) is 0. The summed E-state index contributed by atoms with van der Waals surface area (Å²) in [6.07, 6.45) is 0. The molecule has 3 aromatic carbocycles. The van der Waals surface area contributed by atoms with E-state index in [1.165, 1.54) is 11.3 Å². The minimum absolute atomic E-state index is 0.0857. The van der Waals surface area contributed by atoms with Crippen LogP contribution in [-0.4, -0.2) is 37.1 Å². The summed E-state index contributed by atoms with van der Waals surface area (Å²) in [6.45, 7) is 1.06. The molecule has 7 heteroatoms. The summed E-state index contributed by atoms with van der Waals surface area (Å²) in [6, 6.07) is 21.4. The van der Waals surface area contributed by atoms with Crippen LogP contribution in [0.4, 0.5) is 0 Å². The molecule has 0 radical (unpaired) electrons. The van der Waals surface area contributed by atoms with Gasteiger partial charge in [0.05, 0.1) is 23.9 Å². The standard InChI is InChI=1S/C25H22N2O4S/c1-30-15-14-27-21-13-12-20(31-2)16-22(21)32-25(27)26-24(29)19-10-8-18(9-11-19)23(28)17-6-4-3-5-7-17/h3-13,16H,14-15H2,1-2H3. The van der Waals surface area contributed by atoms with Crippen LogP contribution in [0.3, 0.4) is 0 Å². The van der Waals surface area contributed by atoms with Gasteiger partial charge in [0.2, 0.25) is 0 Å². The highest BCUT2D eigenvalue weighted by atomic mass is 32.1. The highest BCUT2D eigenvalue weighted by Crippen LogP contribution is 2.23. The number of ether oxygens (including phenoxy) is 2. The van der Waals surface area contributed by atoms with Crippen molar-refractivity contribution in [1.29, 1.82) is 0 Å². The zero-order chi connectivity index (χ0) is 22.5. The van der Waals surface area contributed by atoms with E-state index >= 15 is 0 Å². The smallest absolute Gasteiger partial charge is 0.279 e. The van der Waals surface area contributed by atoms with Gasteiger partial charge >= 0.3 is 0 Å². The van der Waals surface area contributed by atoms with Gasteiger partial charge in [-0.05, 0) is 30.3 Å². The van der Waals surface area contributed by atoms with Gasteiger partial charge in [-0.15, -0.1) is 0 Å². The lowest BCUT2D eigenvalue weighted by molar-refractivity contribution is 0.0994. The first kappa shape index (κ1) is 21.7. The van der Waals surface area contributed by atoms with Gasteiger partial charge in [0.25, 0.3) is 5.91 Å². The summed E-state index contributed by atoms with van der Waals surface area (Å²) >= 11 is 1.42. The Bertz CT molecular complexity index is 1320. The summed E-state index contributed by atoms with van der Waals surface area (Å²) in [4.78, 5) is 30.4. The van der Waals surface area contributed by atoms with E-state index in [-0.39, 0.29) is 11.7 Å². The molecule has 32 heavy (non-hydrogen) atoms. The summed E-state index contributed by atoms with van der Waals surface area (Å²) in [5, 5.41) is 0. The number of amides is 1. The highest BCUT2D eigenvalue weighted by molar-refractivity contribution is 7.16. The van der Waals surface area contributed by atoms with Gasteiger partial charge in [-0.3, -0.25) is 9.59 Å². The van der Waals surface area contributed by atoms with Gasteiger partial charge < -0.3 is 14.0 Å². The van der Waals surface area contributed by atoms with Gasteiger partial charge in [0.15, 0.2) is 10.6 Å². The summed E-state index contributed by atoms with van der Waals surface area (Å²) in [5.41, 5.74) is 2.51. The Hall–Kier alpha value is -3.55. The number of hydrogen-bond acceptors (Lipinski definition) is 5. The maximum Gasteiger partial charge on any atom is 0.279 e. The number of fused-ring (bicyclic) bond motifs is 1. The summed E-state index contributed by atoms with van der Waals surface area (Å²) < 4.78 is 13.5. The number of rotatable bonds is 7. The molecule has 0 fully saturated rings. The van der Waals surface area contributed by atoms with E-state index in [0.717, 1.165) is 16.0 Å². The molecule has 0 aliphatic rings. The first-order valence-corrected chi connectivity index (χ1v) is 10.9. The zero-order valence-corrected chi connectivity index (χ0v) is 18.6. The van der Waals surface area contributed by atoms with Crippen LogP contribution in [0, 0.1) is 0 Å². The fourth-order valence-electron chi connectivity index (χ4n) is 3.34. The molecule has 0 aliphatic carbocycles. The van der Waals surface area contributed by atoms with Crippen LogP contribution < -0.4 is 9.54 Å². The molecule has 0 unspecified atom stereocenters. The highest BCUT2D eigenvalue weighted by Gasteiger charge is 2.12. The first-order valence-electron chi connectivity index (χ1n) is 10.1. The number of ketones is 1. The van der Waals surface area contributed by atoms with Crippen molar-refractivity contribution in [2.24, 2.45) is 4.99 Å². The molecule has 0 bridgehead atoms. The van der Waals surface area contributed by atoms with E-state index in [9.17, 15) is 9.59 Å². The lowest BCUT2D eigenvalue weighted by Crippen LogP contribution is -2.19. The van der Waals surface area contributed by atoms with Crippen LogP contribution in [0.2, 0.25) is 0 Å². The van der Waals surface area contributed by atoms with E-state index in [4.69, 9.17) is 9.47 Å². The van der Waals surface area contributed by atoms with Crippen molar-refractivity contribution in [3.8, 4) is 5.75 Å². The molecule has 4 rings (SSSR count). The van der Waals surface area contributed by atoms with Crippen molar-refractivity contribution in [2.45, 2.75) is 6.54 Å². The van der Waals surface area contributed by atoms with Crippen LogP contribution >= 0.6 is 11.3 Å². The largest absolute Gasteiger partial charge is 0.497 e. The van der Waals surface area contributed by atoms with Crippen molar-refractivity contribution in [3.05, 3.63) is 94.3 Å². The molecule has 162 valence electrons. The molecule has 0 saturated carbocycles. The third-order valence-corrected chi connectivity index (χ3v) is 6.08. The average Bonchev–Trinajstić information content (AvgIpc) is 3.18. The van der Waals surface area contributed by atoms with Crippen molar-refractivity contribution < 1.29 is 19.1 Å². The second-order valence-corrected chi connectivity index (χ2v) is 8.06. The van der Waals surface area contributed by atoms with Crippen LogP contribution in [0.1, 0.15) is 26.3 Å². The average molecular weight is 447 g/mol. The lowest BCUT2D eigenvalue weighted by Gasteiger charge is -2.05. The summed E-state index contributed by atoms with van der Waals surface area (Å²) in [5.74, 6) is 0.292. The monoisotopic (exact) mass is 446 g/mol. The second kappa shape index (κ2) is 9.72. The Kier molecular flexibility index (Phi) is 6.58. The van der Waals surface area contributed by atoms with E-state index in [1.807, 2.05) is 41.0 Å². The normalized spacial score (nSPS) is 11.6. The predicted octanol–water partition coefficient (Wildman–Crippen LogP) is 4.33. The van der Waals surface area contributed by atoms with Crippen LogP contribution in [0.25, 0.3) is 10.2 Å². The minimum atomic E-state index is -0.367. The van der Waals surface area contributed by atoms with Crippen molar-refractivity contribution in [3.63, 3.8) is 0 Å². The Morgan fingerprint density at radius 3 is 2.28 bits per heavy atom. The second-order valence-electron chi connectivity index (χ2n) is 7.05. The first-order chi connectivity index (χ1) is 15.6. The molecule has 0 N–H and O–H groups in total. The van der Waals surface area contributed by atoms with Crippen LogP contribution in [0.5, 0.6) is 5.75 Å². The van der Waals surface area contributed by atoms with Crippen LogP contribution in [0.15, 0.2) is 77.8 Å². The predicted molar refractivity (Wildman–Crippen MR) is 124 cm³/mol. The third kappa shape index (κ3) is 4.54. The maximum absolute atomic E-state index is 12.9. The number of benzene rings is 3. The maximum atomic E-state index is 12.9. The molecule has 1 amide bonds. The van der Waals surface area contributed by atoms with E-state index in [0.29, 0.717) is 34.6 Å². The van der Waals surface area contributed by atoms with Crippen molar-refractivity contribution in [2.75, 3.05) is 20.8 Å². The minimum Gasteiger partial charge on any atom is -0.497 e. The molecule has 0 aliphatic heterocycles. The Balaban J connectivity index is 1.66. The van der Waals surface area contributed by atoms with E-state index in [1.54, 1.807) is 50.6 Å². The molecular weight excluding hydrogens is 424 g/mol. The topological polar surface area (TPSA) is 69.9 Å². The number of carbonyl (C=O) groups excluding carboxylic acids is 2. The molecule has 0 atom stereocenters. The molecule has 1 aromatic heterocycles. The molecule has 0 spiro atoms. The number of methoxy groups -OCH3 is 2. The van der Waals surface area contributed by atoms with Gasteiger partial charge in [0, 0.05) is 30.3 Å². The fraction of sp³-hybridized carbons (Fsp3) is 0.160. The lowest BCUT2D eigenvalue weighted by atomic mass is 10.0. The molecule has 6 nitrogen and oxygen atoms in total. The number of nitrogens with zero attached hydrogens (tertiary/aromatic N) is 2. The molecule has 0 saturated heterocycles. The Morgan fingerprint density at radius 1 is 0.906 bits per heavy atom. The van der Waals surface area contributed by atoms with Gasteiger partial charge in [0.1, 0.15) is 5.75 Å². The van der Waals surface area contributed by atoms with Crippen molar-refractivity contribution in [1.82, 2.24) is 4.57 Å². The summed E-state index contributed by atoms with van der Waals surface area (Å²) in [7, 11) is 3.26. The van der Waals surface area contributed by atoms with E-state index in [2.05, 4.69) is 4.99 Å². The van der Waals surface area contributed by atoms with Crippen molar-refractivity contribution >= 4 is 33.2 Å². The van der Waals surface area contributed by atoms with Gasteiger partial charge in [-0.2, -0.15) is 4.99 Å².